The number of hydrogen-bond acceptors (Lipinski definition) is 7. The fraction of sp³-hybridized carbons (Fsp3) is 0.429. The molecule has 0 radical (unpaired) electrons. The Labute approximate surface area is 181 Å². The summed E-state index contributed by atoms with van der Waals surface area (Å²) in [6.07, 6.45) is 6.19. The van der Waals surface area contributed by atoms with Gasteiger partial charge in [0, 0.05) is 28.3 Å². The van der Waals surface area contributed by atoms with E-state index >= 15 is 0 Å². The summed E-state index contributed by atoms with van der Waals surface area (Å²) in [4.78, 5) is 20.4. The fourth-order valence-electron chi connectivity index (χ4n) is 3.08. The summed E-state index contributed by atoms with van der Waals surface area (Å²) < 4.78 is 5.35. The zero-order valence-electron chi connectivity index (χ0n) is 17.5. The van der Waals surface area contributed by atoms with E-state index in [1.165, 1.54) is 19.5 Å². The van der Waals surface area contributed by atoms with Crippen LogP contribution in [-0.2, 0) is 9.53 Å². The second kappa shape index (κ2) is 7.80. The monoisotopic (exact) mass is 450 g/mol. The van der Waals surface area contributed by atoms with Crippen molar-refractivity contribution in [2.45, 2.75) is 36.2 Å². The maximum atomic E-state index is 12.3. The highest BCUT2D eigenvalue weighted by Crippen LogP contribution is 2.71. The van der Waals surface area contributed by atoms with Gasteiger partial charge in [-0.1, -0.05) is 0 Å². The fourth-order valence-corrected chi connectivity index (χ4v) is 9.25. The Bertz CT molecular complexity index is 1020. The van der Waals surface area contributed by atoms with Gasteiger partial charge in [0.15, 0.2) is 0 Å². The highest BCUT2D eigenvalue weighted by Gasteiger charge is 2.36. The molecule has 0 aromatic carbocycles. The van der Waals surface area contributed by atoms with Crippen LogP contribution in [0.1, 0.15) is 25.6 Å². The van der Waals surface area contributed by atoms with Crippen molar-refractivity contribution < 1.29 is 14.6 Å². The molecule has 5 nitrogen and oxygen atoms in total. The number of likely N-dealkylation sites (N-methyl/N-ethyl adjacent to an activating group) is 1. The lowest BCUT2D eigenvalue weighted by atomic mass is 10.2. The molecule has 0 unspecified atom stereocenters. The summed E-state index contributed by atoms with van der Waals surface area (Å²) in [5, 5.41) is 19.8. The van der Waals surface area contributed by atoms with Gasteiger partial charge in [-0.05, 0) is 51.5 Å². The number of carbonyl (C=O) groups excluding carboxylic acids is 1. The Morgan fingerprint density at radius 2 is 1.90 bits per heavy atom. The van der Waals surface area contributed by atoms with Crippen LogP contribution in [0.15, 0.2) is 27.5 Å². The van der Waals surface area contributed by atoms with Crippen LogP contribution in [0.3, 0.4) is 0 Å². The van der Waals surface area contributed by atoms with Gasteiger partial charge in [0.05, 0.1) is 21.4 Å². The molecular weight excluding hydrogens is 424 g/mol. The molecule has 2 aromatic rings. The molecular formula is C21H26N2O3S3. The Balaban J connectivity index is 1.98. The lowest BCUT2D eigenvalue weighted by molar-refractivity contribution is -0.149. The van der Waals surface area contributed by atoms with Crippen LogP contribution in [0.5, 0.6) is 0 Å². The molecule has 156 valence electrons. The molecule has 0 atom stereocenters. The molecule has 0 bridgehead atoms. The van der Waals surface area contributed by atoms with Gasteiger partial charge < -0.3 is 14.7 Å². The summed E-state index contributed by atoms with van der Waals surface area (Å²) in [7, 11) is 0.829. The van der Waals surface area contributed by atoms with Gasteiger partial charge in [-0.2, -0.15) is 15.3 Å². The lowest BCUT2D eigenvalue weighted by Crippen LogP contribution is -2.24. The summed E-state index contributed by atoms with van der Waals surface area (Å²) in [5.41, 5.74) is -0.624. The van der Waals surface area contributed by atoms with Crippen LogP contribution >= 0.6 is 32.7 Å². The van der Waals surface area contributed by atoms with E-state index in [-0.39, 0.29) is 12.2 Å². The van der Waals surface area contributed by atoms with Crippen LogP contribution in [0.25, 0.3) is 15.8 Å². The molecule has 0 saturated heterocycles. The third-order valence-electron chi connectivity index (χ3n) is 4.55. The molecule has 2 aromatic heterocycles. The van der Waals surface area contributed by atoms with E-state index in [2.05, 4.69) is 29.5 Å². The highest BCUT2D eigenvalue weighted by atomic mass is 32.3. The first-order valence-electron chi connectivity index (χ1n) is 9.16. The number of anilines is 1. The van der Waals surface area contributed by atoms with Crippen molar-refractivity contribution in [3.8, 4) is 15.8 Å². The van der Waals surface area contributed by atoms with E-state index < -0.39 is 21.6 Å². The van der Waals surface area contributed by atoms with Crippen molar-refractivity contribution in [1.29, 1.82) is 5.26 Å². The summed E-state index contributed by atoms with van der Waals surface area (Å²) >= 11 is 3.35. The number of esters is 1. The standard InChI is InChI=1S/C21H26N2O3S3/c1-21(2,3)26-20(25)13(12-22)9-14-10-15-18(27-14)19-16(29(15,5)6)11-17(28-19)23(4)7-8-24/h9-11,24H,7-8H2,1-6H3/b13-9+. The summed E-state index contributed by atoms with van der Waals surface area (Å²) in [6, 6.07) is 6.34. The smallest absolute Gasteiger partial charge is 0.349 e. The SMILES string of the molecule is CN(CCO)c1cc2c(s1)-c1sc(/C=C(\C#N)C(=O)OC(C)(C)C)cc1S2(C)C. The lowest BCUT2D eigenvalue weighted by Gasteiger charge is -2.26. The van der Waals surface area contributed by atoms with E-state index in [4.69, 9.17) is 4.74 Å². The minimum atomic E-state index is -1.16. The van der Waals surface area contributed by atoms with Crippen molar-refractivity contribution in [1.82, 2.24) is 0 Å². The van der Waals surface area contributed by atoms with Gasteiger partial charge in [0.2, 0.25) is 0 Å². The number of nitriles is 1. The number of hydrogen-bond donors (Lipinski definition) is 1. The Morgan fingerprint density at radius 1 is 1.28 bits per heavy atom. The van der Waals surface area contributed by atoms with Gasteiger partial charge in [0.1, 0.15) is 17.2 Å². The molecule has 0 aliphatic carbocycles. The topological polar surface area (TPSA) is 73.6 Å². The van der Waals surface area contributed by atoms with E-state index in [0.717, 1.165) is 9.88 Å². The number of ether oxygens (including phenoxy) is 1. The number of nitrogens with zero attached hydrogens (tertiary/aromatic N) is 2. The Hall–Kier alpha value is -1.79. The number of rotatable bonds is 5. The predicted molar refractivity (Wildman–Crippen MR) is 123 cm³/mol. The Morgan fingerprint density at radius 3 is 2.48 bits per heavy atom. The quantitative estimate of drug-likeness (QED) is 0.396. The minimum Gasteiger partial charge on any atom is -0.456 e. The molecule has 1 N–H and O–H groups in total. The van der Waals surface area contributed by atoms with E-state index in [0.29, 0.717) is 6.54 Å². The zero-order valence-corrected chi connectivity index (χ0v) is 20.0. The largest absolute Gasteiger partial charge is 0.456 e. The first kappa shape index (κ1) is 21.9. The van der Waals surface area contributed by atoms with Crippen LogP contribution in [-0.4, -0.2) is 49.4 Å². The molecule has 1 aliphatic heterocycles. The maximum absolute atomic E-state index is 12.3. The van der Waals surface area contributed by atoms with Crippen LogP contribution in [0.2, 0.25) is 0 Å². The first-order chi connectivity index (χ1) is 13.5. The molecule has 0 spiro atoms. The number of carbonyl (C=O) groups is 1. The zero-order chi connectivity index (χ0) is 21.6. The van der Waals surface area contributed by atoms with Crippen LogP contribution in [0.4, 0.5) is 5.00 Å². The third kappa shape index (κ3) is 4.24. The van der Waals surface area contributed by atoms with Gasteiger partial charge >= 0.3 is 5.97 Å². The average Bonchev–Trinajstić information content (AvgIpc) is 3.26. The van der Waals surface area contributed by atoms with Crippen LogP contribution < -0.4 is 4.90 Å². The van der Waals surface area contributed by atoms with Crippen molar-refractivity contribution in [3.63, 3.8) is 0 Å². The third-order valence-corrected chi connectivity index (χ3v) is 10.1. The second-order valence-electron chi connectivity index (χ2n) is 8.26. The molecule has 0 saturated carbocycles. The van der Waals surface area contributed by atoms with E-state index in [1.54, 1.807) is 49.5 Å². The summed E-state index contributed by atoms with van der Waals surface area (Å²) in [6.45, 7) is 6.08. The van der Waals surface area contributed by atoms with Gasteiger partial charge in [-0.3, -0.25) is 0 Å². The number of fused-ring (bicyclic) bond motifs is 3. The van der Waals surface area contributed by atoms with Gasteiger partial charge in [-0.25, -0.2) is 4.79 Å². The molecule has 8 heteroatoms. The number of aliphatic hydroxyl groups excluding tert-OH is 1. The van der Waals surface area contributed by atoms with E-state index in [1.807, 2.05) is 13.1 Å². The normalized spacial score (nSPS) is 16.0. The second-order valence-corrected chi connectivity index (χ2v) is 13.9. The van der Waals surface area contributed by atoms with Crippen molar-refractivity contribution >= 4 is 49.7 Å². The molecule has 1 aliphatic rings. The molecule has 3 heterocycles. The molecule has 29 heavy (non-hydrogen) atoms. The summed E-state index contributed by atoms with van der Waals surface area (Å²) in [5.74, 6) is -0.593. The van der Waals surface area contributed by atoms with Crippen LogP contribution in [0, 0.1) is 11.3 Å². The molecule has 3 rings (SSSR count). The minimum absolute atomic E-state index is 0.0161. The Kier molecular flexibility index (Phi) is 5.89. The van der Waals surface area contributed by atoms with Crippen molar-refractivity contribution in [3.05, 3.63) is 22.6 Å². The van der Waals surface area contributed by atoms with E-state index in [9.17, 15) is 15.2 Å². The van der Waals surface area contributed by atoms with Gasteiger partial charge in [0.25, 0.3) is 0 Å². The van der Waals surface area contributed by atoms with Crippen molar-refractivity contribution in [2.24, 2.45) is 0 Å². The van der Waals surface area contributed by atoms with Gasteiger partial charge in [-0.15, -0.1) is 22.7 Å². The van der Waals surface area contributed by atoms with Crippen molar-refractivity contribution in [2.75, 3.05) is 37.6 Å². The molecule has 0 amide bonds. The maximum Gasteiger partial charge on any atom is 0.349 e. The number of aliphatic hydroxyl groups is 1. The first-order valence-corrected chi connectivity index (χ1v) is 13.2. The highest BCUT2D eigenvalue weighted by molar-refractivity contribution is 8.33. The molecule has 0 fully saturated rings. The average molecular weight is 451 g/mol. The predicted octanol–water partition coefficient (Wildman–Crippen LogP) is 4.95. The number of thiophene rings is 2.